The fourth-order valence-electron chi connectivity index (χ4n) is 5.98. The predicted molar refractivity (Wildman–Crippen MR) is 127 cm³/mol. The van der Waals surface area contributed by atoms with Crippen LogP contribution >= 0.6 is 0 Å². The van der Waals surface area contributed by atoms with E-state index in [2.05, 4.69) is 12.2 Å². The van der Waals surface area contributed by atoms with E-state index in [0.29, 0.717) is 30.4 Å². The summed E-state index contributed by atoms with van der Waals surface area (Å²) < 4.78 is 62.6. The molecule has 0 heterocycles. The number of ether oxygens (including phenoxy) is 1. The third kappa shape index (κ3) is 5.64. The summed E-state index contributed by atoms with van der Waals surface area (Å²) in [7, 11) is 0. The summed E-state index contributed by atoms with van der Waals surface area (Å²) in [5.41, 5.74) is -1.21. The highest BCUT2D eigenvalue weighted by molar-refractivity contribution is 5.91. The molecule has 0 spiro atoms. The van der Waals surface area contributed by atoms with Gasteiger partial charge in [-0.25, -0.2) is 22.4 Å². The Bertz CT molecular complexity index is 1160. The van der Waals surface area contributed by atoms with Crippen molar-refractivity contribution in [3.63, 3.8) is 0 Å². The van der Waals surface area contributed by atoms with Crippen molar-refractivity contribution in [2.75, 3.05) is 0 Å². The number of allylic oxidation sites excluding steroid dienone is 2. The number of hydrogen-bond donors (Lipinski definition) is 0. The van der Waals surface area contributed by atoms with Crippen molar-refractivity contribution < 1.29 is 27.1 Å². The van der Waals surface area contributed by atoms with Gasteiger partial charge in [0, 0.05) is 17.7 Å². The van der Waals surface area contributed by atoms with E-state index in [0.717, 1.165) is 50.2 Å². The zero-order valence-electron chi connectivity index (χ0n) is 20.2. The molecular formula is C29H29F4NO2. The van der Waals surface area contributed by atoms with Crippen LogP contribution in [0.15, 0.2) is 36.4 Å². The number of halogens is 4. The monoisotopic (exact) mass is 499 g/mol. The van der Waals surface area contributed by atoms with Crippen LogP contribution in [-0.4, -0.2) is 5.97 Å². The number of rotatable bonds is 6. The molecule has 36 heavy (non-hydrogen) atoms. The third-order valence-electron chi connectivity index (χ3n) is 7.76. The minimum absolute atomic E-state index is 0.00401. The topological polar surface area (TPSA) is 50.1 Å². The lowest BCUT2D eigenvalue weighted by atomic mass is 9.63. The number of esters is 1. The highest BCUT2D eigenvalue weighted by Crippen LogP contribution is 2.49. The van der Waals surface area contributed by atoms with Gasteiger partial charge < -0.3 is 4.74 Å². The molecule has 2 aromatic rings. The van der Waals surface area contributed by atoms with E-state index in [4.69, 9.17) is 10.00 Å². The molecule has 2 saturated carbocycles. The van der Waals surface area contributed by atoms with Crippen LogP contribution in [0.5, 0.6) is 5.75 Å². The molecule has 7 heteroatoms. The van der Waals surface area contributed by atoms with Gasteiger partial charge in [0.05, 0.1) is 5.56 Å². The van der Waals surface area contributed by atoms with Crippen LogP contribution in [0.4, 0.5) is 17.6 Å². The SMILES string of the molecule is C/C=C/CCC1CCC2CC(c3c(F)cc(C(=O)Oc4cc(F)c(C#N)c(F)c4)cc3F)CCC2C1. The maximum atomic E-state index is 15.1. The Hall–Kier alpha value is -3.14. The number of carbonyl (C=O) groups is 1. The molecule has 4 atom stereocenters. The van der Waals surface area contributed by atoms with Crippen molar-refractivity contribution >= 4 is 5.97 Å². The second-order valence-corrected chi connectivity index (χ2v) is 9.97. The van der Waals surface area contributed by atoms with Gasteiger partial charge in [-0.1, -0.05) is 18.6 Å². The zero-order chi connectivity index (χ0) is 25.8. The van der Waals surface area contributed by atoms with Gasteiger partial charge in [-0.2, -0.15) is 5.26 Å². The first-order valence-corrected chi connectivity index (χ1v) is 12.5. The van der Waals surface area contributed by atoms with Crippen LogP contribution in [0.3, 0.4) is 0 Å². The normalized spacial score (nSPS) is 23.8. The molecule has 0 amide bonds. The quantitative estimate of drug-likeness (QED) is 0.175. The van der Waals surface area contributed by atoms with Gasteiger partial charge in [0.1, 0.15) is 40.7 Å². The first-order valence-electron chi connectivity index (χ1n) is 12.5. The van der Waals surface area contributed by atoms with E-state index in [9.17, 15) is 13.6 Å². The number of benzene rings is 2. The number of nitriles is 1. The minimum atomic E-state index is -1.20. The summed E-state index contributed by atoms with van der Waals surface area (Å²) in [6, 6.07) is 4.55. The van der Waals surface area contributed by atoms with Crippen LogP contribution in [0, 0.1) is 52.4 Å². The number of nitrogens with zero attached hydrogens (tertiary/aromatic N) is 1. The molecule has 0 saturated heterocycles. The predicted octanol–water partition coefficient (Wildman–Crippen LogP) is 7.99. The van der Waals surface area contributed by atoms with E-state index >= 15 is 8.78 Å². The molecule has 0 aliphatic heterocycles. The van der Waals surface area contributed by atoms with Gasteiger partial charge in [-0.15, -0.1) is 0 Å². The summed E-state index contributed by atoms with van der Waals surface area (Å²) in [6.07, 6.45) is 12.4. The Balaban J connectivity index is 1.43. The molecule has 4 rings (SSSR count). The molecule has 2 fully saturated rings. The maximum Gasteiger partial charge on any atom is 0.343 e. The van der Waals surface area contributed by atoms with Crippen LogP contribution in [0.2, 0.25) is 0 Å². The zero-order valence-corrected chi connectivity index (χ0v) is 20.2. The first kappa shape index (κ1) is 25.9. The van der Waals surface area contributed by atoms with E-state index in [1.165, 1.54) is 18.9 Å². The van der Waals surface area contributed by atoms with Crippen molar-refractivity contribution in [2.45, 2.75) is 64.2 Å². The van der Waals surface area contributed by atoms with Crippen LogP contribution in [0.25, 0.3) is 0 Å². The molecule has 2 aliphatic carbocycles. The standard InChI is InChI=1S/C29H29F4NO2/c1-2-3-4-5-17-6-7-19-11-20(9-8-18(19)10-17)28-26(32)12-21(13-27(28)33)29(35)36-22-14-24(30)23(16-34)25(31)15-22/h2-3,12-15,17-20H,4-11H2,1H3/b3-2+. The van der Waals surface area contributed by atoms with E-state index in [-0.39, 0.29) is 11.5 Å². The van der Waals surface area contributed by atoms with Crippen molar-refractivity contribution in [3.05, 3.63) is 76.4 Å². The molecule has 4 unspecified atom stereocenters. The van der Waals surface area contributed by atoms with Gasteiger partial charge in [-0.05, 0) is 87.7 Å². The summed E-state index contributed by atoms with van der Waals surface area (Å²) >= 11 is 0. The van der Waals surface area contributed by atoms with Crippen molar-refractivity contribution in [1.82, 2.24) is 0 Å². The Labute approximate surface area is 208 Å². The summed E-state index contributed by atoms with van der Waals surface area (Å²) in [5.74, 6) is -4.17. The Morgan fingerprint density at radius 3 is 2.25 bits per heavy atom. The van der Waals surface area contributed by atoms with Crippen molar-refractivity contribution in [2.24, 2.45) is 17.8 Å². The van der Waals surface area contributed by atoms with Crippen LogP contribution in [0.1, 0.15) is 85.7 Å². The molecule has 0 radical (unpaired) electrons. The summed E-state index contributed by atoms with van der Waals surface area (Å²) in [6.45, 7) is 2.03. The lowest BCUT2D eigenvalue weighted by molar-refractivity contribution is 0.0732. The van der Waals surface area contributed by atoms with Crippen molar-refractivity contribution in [3.8, 4) is 11.8 Å². The molecule has 2 aromatic carbocycles. The average Bonchev–Trinajstić information content (AvgIpc) is 2.83. The summed E-state index contributed by atoms with van der Waals surface area (Å²) in [5, 5.41) is 8.74. The van der Waals surface area contributed by atoms with Crippen molar-refractivity contribution in [1.29, 1.82) is 5.26 Å². The highest BCUT2D eigenvalue weighted by atomic mass is 19.1. The lowest BCUT2D eigenvalue weighted by Gasteiger charge is -2.42. The second kappa shape index (κ2) is 11.3. The molecule has 190 valence electrons. The average molecular weight is 500 g/mol. The molecule has 0 N–H and O–H groups in total. The lowest BCUT2D eigenvalue weighted by Crippen LogP contribution is -2.31. The van der Waals surface area contributed by atoms with Gasteiger partial charge >= 0.3 is 5.97 Å². The fourth-order valence-corrected chi connectivity index (χ4v) is 5.98. The first-order chi connectivity index (χ1) is 17.3. The molecule has 0 aromatic heterocycles. The van der Waals surface area contributed by atoms with Crippen LogP contribution < -0.4 is 4.74 Å². The molecule has 3 nitrogen and oxygen atoms in total. The minimum Gasteiger partial charge on any atom is -0.423 e. The highest BCUT2D eigenvalue weighted by Gasteiger charge is 2.37. The van der Waals surface area contributed by atoms with E-state index in [1.807, 2.05) is 6.92 Å². The summed E-state index contributed by atoms with van der Waals surface area (Å²) in [4.78, 5) is 12.4. The number of carbonyl (C=O) groups excluding carboxylic acids is 1. The molecule has 2 aliphatic rings. The number of hydrogen-bond acceptors (Lipinski definition) is 3. The maximum absolute atomic E-state index is 15.1. The van der Waals surface area contributed by atoms with E-state index in [1.54, 1.807) is 0 Å². The Kier molecular flexibility index (Phi) is 8.13. The smallest absolute Gasteiger partial charge is 0.343 e. The number of fused-ring (bicyclic) bond motifs is 1. The second-order valence-electron chi connectivity index (χ2n) is 9.97. The fraction of sp³-hybridized carbons (Fsp3) is 0.448. The van der Waals surface area contributed by atoms with Gasteiger partial charge in [0.25, 0.3) is 0 Å². The van der Waals surface area contributed by atoms with Crippen LogP contribution in [-0.2, 0) is 0 Å². The van der Waals surface area contributed by atoms with E-state index < -0.39 is 46.1 Å². The van der Waals surface area contributed by atoms with Gasteiger partial charge in [0.2, 0.25) is 0 Å². The molecular weight excluding hydrogens is 470 g/mol. The Morgan fingerprint density at radius 1 is 0.972 bits per heavy atom. The third-order valence-corrected chi connectivity index (χ3v) is 7.76. The largest absolute Gasteiger partial charge is 0.423 e. The van der Waals surface area contributed by atoms with Gasteiger partial charge in [0.15, 0.2) is 0 Å². The molecule has 0 bridgehead atoms. The van der Waals surface area contributed by atoms with Gasteiger partial charge in [-0.3, -0.25) is 0 Å². The Morgan fingerprint density at radius 2 is 1.61 bits per heavy atom.